The summed E-state index contributed by atoms with van der Waals surface area (Å²) in [6, 6.07) is 14.1. The van der Waals surface area contributed by atoms with E-state index in [2.05, 4.69) is 15.5 Å². The number of carbonyl (C=O) groups is 1. The molecular weight excluding hydrogens is 393 g/mol. The monoisotopic (exact) mass is 419 g/mol. The van der Waals surface area contributed by atoms with Gasteiger partial charge in [0.2, 0.25) is 5.91 Å². The molecule has 0 spiro atoms. The van der Waals surface area contributed by atoms with Crippen LogP contribution in [0.15, 0.2) is 48.5 Å². The van der Waals surface area contributed by atoms with Gasteiger partial charge in [-0.05, 0) is 35.7 Å². The number of nitrogens with zero attached hydrogens (tertiary/aromatic N) is 1. The highest BCUT2D eigenvalue weighted by molar-refractivity contribution is 6.31. The maximum absolute atomic E-state index is 13.4. The summed E-state index contributed by atoms with van der Waals surface area (Å²) in [6.07, 6.45) is 0.679. The summed E-state index contributed by atoms with van der Waals surface area (Å²) in [4.78, 5) is 14.9. The van der Waals surface area contributed by atoms with E-state index in [0.717, 1.165) is 11.1 Å². The molecule has 2 N–H and O–H groups in total. The van der Waals surface area contributed by atoms with Gasteiger partial charge in [0.15, 0.2) is 0 Å². The number of ether oxygens (including phenoxy) is 1. The van der Waals surface area contributed by atoms with Gasteiger partial charge in [-0.3, -0.25) is 9.69 Å². The normalized spacial score (nSPS) is 19.4. The first-order valence-electron chi connectivity index (χ1n) is 9.78. The van der Waals surface area contributed by atoms with Crippen LogP contribution in [0.25, 0.3) is 0 Å². The van der Waals surface area contributed by atoms with Crippen LogP contribution in [0.1, 0.15) is 17.5 Å². The third-order valence-corrected chi connectivity index (χ3v) is 5.50. The average Bonchev–Trinajstić information content (AvgIpc) is 3.11. The van der Waals surface area contributed by atoms with Crippen molar-refractivity contribution in [3.05, 3.63) is 70.5 Å². The molecule has 1 amide bonds. The predicted octanol–water partition coefficient (Wildman–Crippen LogP) is 2.97. The maximum Gasteiger partial charge on any atom is 0.237 e. The molecule has 1 aliphatic rings. The fourth-order valence-electron chi connectivity index (χ4n) is 3.65. The molecule has 2 aromatic carbocycles. The Morgan fingerprint density at radius 2 is 2.10 bits per heavy atom. The zero-order valence-corrected chi connectivity index (χ0v) is 17.3. The molecule has 7 heteroatoms. The van der Waals surface area contributed by atoms with Gasteiger partial charge in [0, 0.05) is 44.4 Å². The van der Waals surface area contributed by atoms with Crippen LogP contribution in [-0.4, -0.2) is 49.7 Å². The molecule has 5 nitrogen and oxygen atoms in total. The Morgan fingerprint density at radius 1 is 1.28 bits per heavy atom. The summed E-state index contributed by atoms with van der Waals surface area (Å²) >= 11 is 6.33. The van der Waals surface area contributed by atoms with Crippen molar-refractivity contribution in [2.45, 2.75) is 31.6 Å². The highest BCUT2D eigenvalue weighted by Gasteiger charge is 2.36. The summed E-state index contributed by atoms with van der Waals surface area (Å²) in [7, 11) is 1.61. The molecule has 1 fully saturated rings. The molecule has 1 saturated heterocycles. The second-order valence-corrected chi connectivity index (χ2v) is 7.67. The van der Waals surface area contributed by atoms with Crippen LogP contribution in [0.3, 0.4) is 0 Å². The van der Waals surface area contributed by atoms with E-state index >= 15 is 0 Å². The number of nitrogens with one attached hydrogen (secondary N) is 2. The van der Waals surface area contributed by atoms with E-state index in [1.165, 1.54) is 12.1 Å². The number of hydrogen-bond acceptors (Lipinski definition) is 4. The molecule has 0 aromatic heterocycles. The maximum atomic E-state index is 13.4. The summed E-state index contributed by atoms with van der Waals surface area (Å²) < 4.78 is 18.4. The third kappa shape index (κ3) is 6.24. The number of hydrogen-bond donors (Lipinski definition) is 2. The van der Waals surface area contributed by atoms with E-state index < -0.39 is 0 Å². The van der Waals surface area contributed by atoms with Crippen LogP contribution in [0, 0.1) is 5.82 Å². The molecule has 0 radical (unpaired) electrons. The highest BCUT2D eigenvalue weighted by Crippen LogP contribution is 2.24. The molecule has 2 atom stereocenters. The highest BCUT2D eigenvalue weighted by atomic mass is 35.5. The number of rotatable bonds is 9. The van der Waals surface area contributed by atoms with Crippen molar-refractivity contribution in [2.75, 3.05) is 26.8 Å². The molecule has 3 rings (SSSR count). The first-order valence-corrected chi connectivity index (χ1v) is 10.2. The van der Waals surface area contributed by atoms with Crippen LogP contribution in [0.5, 0.6) is 0 Å². The largest absolute Gasteiger partial charge is 0.383 e. The van der Waals surface area contributed by atoms with Gasteiger partial charge in [-0.2, -0.15) is 0 Å². The van der Waals surface area contributed by atoms with Crippen LogP contribution < -0.4 is 10.6 Å². The van der Waals surface area contributed by atoms with E-state index in [4.69, 9.17) is 16.3 Å². The van der Waals surface area contributed by atoms with Gasteiger partial charge in [0.1, 0.15) is 5.82 Å². The zero-order valence-electron chi connectivity index (χ0n) is 16.5. The predicted molar refractivity (Wildman–Crippen MR) is 112 cm³/mol. The van der Waals surface area contributed by atoms with Gasteiger partial charge in [-0.1, -0.05) is 41.9 Å². The molecule has 0 bridgehead atoms. The lowest BCUT2D eigenvalue weighted by atomic mass is 10.1. The number of halogens is 2. The van der Waals surface area contributed by atoms with Crippen LogP contribution in [0.4, 0.5) is 4.39 Å². The number of methoxy groups -OCH3 is 1. The van der Waals surface area contributed by atoms with Gasteiger partial charge in [-0.25, -0.2) is 4.39 Å². The van der Waals surface area contributed by atoms with Crippen molar-refractivity contribution in [1.29, 1.82) is 0 Å². The number of benzene rings is 2. The molecule has 156 valence electrons. The smallest absolute Gasteiger partial charge is 0.237 e. The van der Waals surface area contributed by atoms with E-state index in [1.54, 1.807) is 13.2 Å². The van der Waals surface area contributed by atoms with Gasteiger partial charge in [0.05, 0.1) is 12.6 Å². The second-order valence-electron chi connectivity index (χ2n) is 7.26. The molecule has 0 aliphatic carbocycles. The molecule has 1 heterocycles. The lowest BCUT2D eigenvalue weighted by Gasteiger charge is -2.24. The summed E-state index contributed by atoms with van der Waals surface area (Å²) in [5.41, 5.74) is 1.88. The van der Waals surface area contributed by atoms with Gasteiger partial charge in [-0.15, -0.1) is 0 Å². The first-order chi connectivity index (χ1) is 14.1. The molecule has 0 saturated carbocycles. The molecule has 1 aliphatic heterocycles. The van der Waals surface area contributed by atoms with E-state index in [9.17, 15) is 9.18 Å². The fraction of sp³-hybridized carbons (Fsp3) is 0.409. The summed E-state index contributed by atoms with van der Waals surface area (Å²) in [5, 5.41) is 7.10. The van der Waals surface area contributed by atoms with E-state index in [0.29, 0.717) is 44.2 Å². The van der Waals surface area contributed by atoms with Crippen molar-refractivity contribution in [1.82, 2.24) is 15.5 Å². The Balaban J connectivity index is 1.65. The second kappa shape index (κ2) is 10.7. The summed E-state index contributed by atoms with van der Waals surface area (Å²) in [6.45, 7) is 2.82. The van der Waals surface area contributed by atoms with Gasteiger partial charge in [0.25, 0.3) is 0 Å². The first kappa shape index (κ1) is 21.7. The SMILES string of the molecule is COCCNC(=O)[C@@H]1C[C@@H](NCc2cccc(F)c2)CN1Cc1ccccc1Cl. The van der Waals surface area contributed by atoms with Crippen molar-refractivity contribution in [2.24, 2.45) is 0 Å². The Bertz CT molecular complexity index is 820. The van der Waals surface area contributed by atoms with Crippen molar-refractivity contribution < 1.29 is 13.9 Å². The van der Waals surface area contributed by atoms with E-state index in [1.807, 2.05) is 30.3 Å². The minimum atomic E-state index is -0.256. The third-order valence-electron chi connectivity index (χ3n) is 5.13. The quantitative estimate of drug-likeness (QED) is 0.613. The van der Waals surface area contributed by atoms with Crippen molar-refractivity contribution in [3.8, 4) is 0 Å². The van der Waals surface area contributed by atoms with Gasteiger partial charge >= 0.3 is 0 Å². The van der Waals surface area contributed by atoms with Gasteiger partial charge < -0.3 is 15.4 Å². The Hall–Kier alpha value is -1.99. The minimum absolute atomic E-state index is 0.0100. The lowest BCUT2D eigenvalue weighted by molar-refractivity contribution is -0.125. The Kier molecular flexibility index (Phi) is 8.00. The van der Waals surface area contributed by atoms with Crippen LogP contribution in [-0.2, 0) is 22.6 Å². The van der Waals surface area contributed by atoms with Crippen LogP contribution >= 0.6 is 11.6 Å². The topological polar surface area (TPSA) is 53.6 Å². The van der Waals surface area contributed by atoms with Crippen molar-refractivity contribution >= 4 is 17.5 Å². The fourth-order valence-corrected chi connectivity index (χ4v) is 3.84. The van der Waals surface area contributed by atoms with Crippen LogP contribution in [0.2, 0.25) is 5.02 Å². The number of amides is 1. The lowest BCUT2D eigenvalue weighted by Crippen LogP contribution is -2.43. The number of likely N-dealkylation sites (tertiary alicyclic amines) is 1. The Labute approximate surface area is 176 Å². The molecular formula is C22H27ClFN3O2. The minimum Gasteiger partial charge on any atom is -0.383 e. The van der Waals surface area contributed by atoms with Crippen molar-refractivity contribution in [3.63, 3.8) is 0 Å². The standard InChI is InChI=1S/C22H27ClFN3O2/c1-29-10-9-25-22(28)21-12-19(26-13-16-5-4-7-18(24)11-16)15-27(21)14-17-6-2-3-8-20(17)23/h2-8,11,19,21,26H,9-10,12-15H2,1H3,(H,25,28)/t19-,21+/m1/s1. The zero-order chi connectivity index (χ0) is 20.6. The average molecular weight is 420 g/mol. The Morgan fingerprint density at radius 3 is 2.86 bits per heavy atom. The molecule has 29 heavy (non-hydrogen) atoms. The van der Waals surface area contributed by atoms with E-state index in [-0.39, 0.29) is 23.8 Å². The molecule has 2 aromatic rings. The summed E-state index contributed by atoms with van der Waals surface area (Å²) in [5.74, 6) is -0.254. The number of carbonyl (C=O) groups excluding carboxylic acids is 1. The molecule has 0 unspecified atom stereocenters.